The number of benzene rings is 2. The van der Waals surface area contributed by atoms with Crippen molar-refractivity contribution in [3.63, 3.8) is 0 Å². The van der Waals surface area contributed by atoms with Crippen LogP contribution in [0.4, 0.5) is 0 Å². The molecule has 0 N–H and O–H groups in total. The average molecular weight is 317 g/mol. The van der Waals surface area contributed by atoms with E-state index in [0.717, 1.165) is 5.56 Å². The van der Waals surface area contributed by atoms with E-state index in [1.54, 1.807) is 54.6 Å². The molecule has 0 aromatic heterocycles. The summed E-state index contributed by atoms with van der Waals surface area (Å²) in [5, 5.41) is 0.554. The standard InChI is InChI=1S/C17H13ClO4/c1-21-16(19)11-4-12-2-9-15(10-3-12)22-17(20)13-5-7-14(18)8-6-13/h2-11H,1H3. The summed E-state index contributed by atoms with van der Waals surface area (Å²) in [7, 11) is 1.31. The second kappa shape index (κ2) is 7.43. The van der Waals surface area contributed by atoms with Crippen molar-refractivity contribution in [1.29, 1.82) is 0 Å². The molecule has 0 saturated carbocycles. The number of hydrogen-bond donors (Lipinski definition) is 0. The number of methoxy groups -OCH3 is 1. The van der Waals surface area contributed by atoms with Gasteiger partial charge in [0.1, 0.15) is 5.75 Å². The number of esters is 2. The van der Waals surface area contributed by atoms with E-state index in [9.17, 15) is 9.59 Å². The highest BCUT2D eigenvalue weighted by Gasteiger charge is 2.08. The van der Waals surface area contributed by atoms with Crippen LogP contribution in [-0.2, 0) is 9.53 Å². The summed E-state index contributed by atoms with van der Waals surface area (Å²) >= 11 is 5.76. The van der Waals surface area contributed by atoms with Crippen LogP contribution in [0.15, 0.2) is 54.6 Å². The number of carbonyl (C=O) groups is 2. The van der Waals surface area contributed by atoms with Crippen LogP contribution in [0.5, 0.6) is 5.75 Å². The smallest absolute Gasteiger partial charge is 0.343 e. The van der Waals surface area contributed by atoms with Gasteiger partial charge >= 0.3 is 11.9 Å². The molecule has 0 aliphatic carbocycles. The number of rotatable bonds is 4. The zero-order valence-electron chi connectivity index (χ0n) is 11.8. The lowest BCUT2D eigenvalue weighted by atomic mass is 10.2. The molecule has 0 aliphatic heterocycles. The summed E-state index contributed by atoms with van der Waals surface area (Å²) in [6.45, 7) is 0. The van der Waals surface area contributed by atoms with E-state index in [1.807, 2.05) is 0 Å². The molecule has 2 rings (SSSR count). The maximum atomic E-state index is 11.9. The van der Waals surface area contributed by atoms with Gasteiger partial charge in [0.15, 0.2) is 0 Å². The van der Waals surface area contributed by atoms with Crippen molar-refractivity contribution in [2.24, 2.45) is 0 Å². The minimum absolute atomic E-state index is 0.412. The molecule has 112 valence electrons. The fraction of sp³-hybridized carbons (Fsp3) is 0.0588. The van der Waals surface area contributed by atoms with E-state index in [4.69, 9.17) is 16.3 Å². The maximum absolute atomic E-state index is 11.9. The van der Waals surface area contributed by atoms with E-state index in [-0.39, 0.29) is 0 Å². The number of hydrogen-bond acceptors (Lipinski definition) is 4. The predicted molar refractivity (Wildman–Crippen MR) is 83.9 cm³/mol. The van der Waals surface area contributed by atoms with Crippen molar-refractivity contribution < 1.29 is 19.1 Å². The molecule has 4 nitrogen and oxygen atoms in total. The van der Waals surface area contributed by atoms with Gasteiger partial charge in [-0.15, -0.1) is 0 Å². The molecule has 0 aliphatic rings. The molecule has 0 radical (unpaired) electrons. The first-order valence-electron chi connectivity index (χ1n) is 6.42. The Labute approximate surface area is 132 Å². The monoisotopic (exact) mass is 316 g/mol. The van der Waals surface area contributed by atoms with Crippen LogP contribution < -0.4 is 4.74 Å². The Balaban J connectivity index is 2.02. The Kier molecular flexibility index (Phi) is 5.33. The molecule has 0 fully saturated rings. The normalized spacial score (nSPS) is 10.5. The molecule has 2 aromatic rings. The van der Waals surface area contributed by atoms with Gasteiger partial charge in [0, 0.05) is 11.1 Å². The lowest BCUT2D eigenvalue weighted by Crippen LogP contribution is -2.08. The van der Waals surface area contributed by atoms with Gasteiger partial charge in [0.05, 0.1) is 12.7 Å². The molecular formula is C17H13ClO4. The SMILES string of the molecule is COC(=O)C=Cc1ccc(OC(=O)c2ccc(Cl)cc2)cc1. The van der Waals surface area contributed by atoms with Crippen LogP contribution in [0, 0.1) is 0 Å². The van der Waals surface area contributed by atoms with Crippen LogP contribution in [0.25, 0.3) is 6.08 Å². The second-order valence-electron chi connectivity index (χ2n) is 4.32. The van der Waals surface area contributed by atoms with Crippen molar-refractivity contribution in [1.82, 2.24) is 0 Å². The summed E-state index contributed by atoms with van der Waals surface area (Å²) in [6, 6.07) is 13.2. The molecule has 5 heteroatoms. The van der Waals surface area contributed by atoms with Gasteiger partial charge in [0.2, 0.25) is 0 Å². The summed E-state index contributed by atoms with van der Waals surface area (Å²) in [4.78, 5) is 22.9. The van der Waals surface area contributed by atoms with Crippen LogP contribution in [0.3, 0.4) is 0 Å². The Morgan fingerprint density at radius 1 is 1.00 bits per heavy atom. The van der Waals surface area contributed by atoms with Crippen LogP contribution in [-0.4, -0.2) is 19.0 Å². The fourth-order valence-corrected chi connectivity index (χ4v) is 1.76. The average Bonchev–Trinajstić information content (AvgIpc) is 2.54. The van der Waals surface area contributed by atoms with Crippen molar-refractivity contribution in [3.8, 4) is 5.75 Å². The Hall–Kier alpha value is -2.59. The van der Waals surface area contributed by atoms with E-state index in [0.29, 0.717) is 16.3 Å². The minimum atomic E-state index is -0.463. The van der Waals surface area contributed by atoms with Crippen LogP contribution >= 0.6 is 11.6 Å². The molecule has 0 heterocycles. The topological polar surface area (TPSA) is 52.6 Å². The van der Waals surface area contributed by atoms with Gasteiger partial charge in [0.25, 0.3) is 0 Å². The molecule has 0 spiro atoms. The Bertz CT molecular complexity index is 688. The first-order chi connectivity index (χ1) is 10.6. The number of halogens is 1. The molecule has 0 amide bonds. The largest absolute Gasteiger partial charge is 0.466 e. The van der Waals surface area contributed by atoms with Gasteiger partial charge in [-0.3, -0.25) is 0 Å². The lowest BCUT2D eigenvalue weighted by molar-refractivity contribution is -0.134. The highest BCUT2D eigenvalue weighted by Crippen LogP contribution is 2.16. The summed E-state index contributed by atoms with van der Waals surface area (Å²) in [6.07, 6.45) is 2.92. The van der Waals surface area contributed by atoms with Crippen molar-refractivity contribution in [2.75, 3.05) is 7.11 Å². The van der Waals surface area contributed by atoms with Gasteiger partial charge in [-0.2, -0.15) is 0 Å². The van der Waals surface area contributed by atoms with Crippen molar-refractivity contribution in [2.45, 2.75) is 0 Å². The van der Waals surface area contributed by atoms with Gasteiger partial charge in [-0.25, -0.2) is 9.59 Å². The third-order valence-electron chi connectivity index (χ3n) is 2.78. The zero-order valence-corrected chi connectivity index (χ0v) is 12.5. The van der Waals surface area contributed by atoms with Crippen molar-refractivity contribution in [3.05, 3.63) is 70.8 Å². The maximum Gasteiger partial charge on any atom is 0.343 e. The number of ether oxygens (including phenoxy) is 2. The molecule has 0 unspecified atom stereocenters. The van der Waals surface area contributed by atoms with E-state index >= 15 is 0 Å². The van der Waals surface area contributed by atoms with Gasteiger partial charge in [-0.05, 0) is 48.0 Å². The first-order valence-corrected chi connectivity index (χ1v) is 6.80. The highest BCUT2D eigenvalue weighted by molar-refractivity contribution is 6.30. The molecule has 22 heavy (non-hydrogen) atoms. The quantitative estimate of drug-likeness (QED) is 0.490. The van der Waals surface area contributed by atoms with Gasteiger partial charge in [-0.1, -0.05) is 23.7 Å². The minimum Gasteiger partial charge on any atom is -0.466 e. The first kappa shape index (κ1) is 15.8. The van der Waals surface area contributed by atoms with Crippen molar-refractivity contribution >= 4 is 29.6 Å². The molecule has 2 aromatic carbocycles. The van der Waals surface area contributed by atoms with E-state index < -0.39 is 11.9 Å². The van der Waals surface area contributed by atoms with E-state index in [1.165, 1.54) is 13.2 Å². The third kappa shape index (κ3) is 4.46. The lowest BCUT2D eigenvalue weighted by Gasteiger charge is -2.04. The fourth-order valence-electron chi connectivity index (χ4n) is 1.63. The summed E-state index contributed by atoms with van der Waals surface area (Å²) in [5.74, 6) is -0.483. The summed E-state index contributed by atoms with van der Waals surface area (Å²) in [5.41, 5.74) is 1.20. The predicted octanol–water partition coefficient (Wildman–Crippen LogP) is 3.75. The molecule has 0 atom stereocenters. The second-order valence-corrected chi connectivity index (χ2v) is 4.76. The summed E-state index contributed by atoms with van der Waals surface area (Å²) < 4.78 is 9.75. The Morgan fingerprint density at radius 2 is 1.64 bits per heavy atom. The molecule has 0 bridgehead atoms. The number of carbonyl (C=O) groups excluding carboxylic acids is 2. The van der Waals surface area contributed by atoms with Crippen LogP contribution in [0.2, 0.25) is 5.02 Å². The zero-order chi connectivity index (χ0) is 15.9. The van der Waals surface area contributed by atoms with E-state index in [2.05, 4.69) is 4.74 Å². The molecule has 0 saturated heterocycles. The third-order valence-corrected chi connectivity index (χ3v) is 3.04. The Morgan fingerprint density at radius 3 is 2.23 bits per heavy atom. The molecular weight excluding hydrogens is 304 g/mol. The van der Waals surface area contributed by atoms with Crippen LogP contribution in [0.1, 0.15) is 15.9 Å². The van der Waals surface area contributed by atoms with Gasteiger partial charge < -0.3 is 9.47 Å². The highest BCUT2D eigenvalue weighted by atomic mass is 35.5.